The van der Waals surface area contributed by atoms with Gasteiger partial charge in [-0.25, -0.2) is 0 Å². The van der Waals surface area contributed by atoms with Crippen LogP contribution in [-0.4, -0.2) is 42.0 Å². The molecule has 0 aromatic heterocycles. The maximum absolute atomic E-state index is 12.4. The van der Waals surface area contributed by atoms with Crippen LogP contribution >= 0.6 is 0 Å². The number of nitrogens with zero attached hydrogens (tertiary/aromatic N) is 1. The van der Waals surface area contributed by atoms with Crippen LogP contribution in [0.1, 0.15) is 59.3 Å². The van der Waals surface area contributed by atoms with Gasteiger partial charge in [0.2, 0.25) is 5.91 Å². The molecule has 4 heteroatoms. The topological polar surface area (TPSA) is 58.4 Å². The summed E-state index contributed by atoms with van der Waals surface area (Å²) in [5, 5.41) is 3.24. The first kappa shape index (κ1) is 15.8. The van der Waals surface area contributed by atoms with Crippen molar-refractivity contribution >= 4 is 5.91 Å². The number of nitrogens with one attached hydrogen (secondary N) is 1. The third-order valence-electron chi connectivity index (χ3n) is 5.22. The van der Waals surface area contributed by atoms with E-state index in [0.717, 1.165) is 32.4 Å². The molecule has 0 spiro atoms. The molecule has 2 aliphatic rings. The molecular formula is C16H31N3O. The van der Waals surface area contributed by atoms with Crippen molar-refractivity contribution in [1.82, 2.24) is 10.2 Å². The van der Waals surface area contributed by atoms with E-state index < -0.39 is 0 Å². The lowest BCUT2D eigenvalue weighted by Crippen LogP contribution is -2.58. The Hall–Kier alpha value is -0.610. The number of hydrogen-bond acceptors (Lipinski definition) is 3. The number of likely N-dealkylation sites (tertiary alicyclic amines) is 1. The van der Waals surface area contributed by atoms with E-state index in [0.29, 0.717) is 6.04 Å². The second kappa shape index (κ2) is 6.44. The highest BCUT2D eigenvalue weighted by atomic mass is 16.2. The zero-order valence-corrected chi connectivity index (χ0v) is 13.3. The van der Waals surface area contributed by atoms with Gasteiger partial charge in [-0.2, -0.15) is 0 Å². The highest BCUT2D eigenvalue weighted by Gasteiger charge is 2.36. The Morgan fingerprint density at radius 2 is 1.90 bits per heavy atom. The monoisotopic (exact) mass is 281 g/mol. The number of carbonyl (C=O) groups excluding carboxylic acids is 1. The predicted octanol–water partition coefficient (Wildman–Crippen LogP) is 1.88. The summed E-state index contributed by atoms with van der Waals surface area (Å²) in [6, 6.07) is 0.606. The minimum Gasteiger partial charge on any atom is -0.352 e. The molecule has 0 bridgehead atoms. The molecule has 2 atom stereocenters. The number of rotatable bonds is 3. The van der Waals surface area contributed by atoms with E-state index in [1.165, 1.54) is 19.3 Å². The van der Waals surface area contributed by atoms with Gasteiger partial charge >= 0.3 is 0 Å². The number of carbonyl (C=O) groups is 1. The summed E-state index contributed by atoms with van der Waals surface area (Å²) in [5.41, 5.74) is 6.27. The van der Waals surface area contributed by atoms with Gasteiger partial charge in [-0.05, 0) is 31.6 Å². The zero-order valence-electron chi connectivity index (χ0n) is 13.3. The molecule has 4 nitrogen and oxygen atoms in total. The summed E-state index contributed by atoms with van der Waals surface area (Å²) < 4.78 is 0. The Balaban J connectivity index is 1.86. The second-order valence-electron chi connectivity index (χ2n) is 7.37. The van der Waals surface area contributed by atoms with Crippen molar-refractivity contribution < 1.29 is 4.79 Å². The van der Waals surface area contributed by atoms with E-state index in [9.17, 15) is 4.79 Å². The maximum atomic E-state index is 12.4. The number of hydrogen-bond donors (Lipinski definition) is 2. The summed E-state index contributed by atoms with van der Waals surface area (Å²) in [7, 11) is 0. The largest absolute Gasteiger partial charge is 0.352 e. The molecular weight excluding hydrogens is 250 g/mol. The van der Waals surface area contributed by atoms with Gasteiger partial charge in [0.05, 0.1) is 6.04 Å². The molecule has 0 aromatic rings. The van der Waals surface area contributed by atoms with Crippen molar-refractivity contribution in [3.8, 4) is 0 Å². The van der Waals surface area contributed by atoms with Gasteiger partial charge in [0, 0.05) is 25.2 Å². The van der Waals surface area contributed by atoms with Crippen LogP contribution in [0.3, 0.4) is 0 Å². The van der Waals surface area contributed by atoms with E-state index in [2.05, 4.69) is 24.1 Å². The van der Waals surface area contributed by atoms with Crippen molar-refractivity contribution in [2.75, 3.05) is 13.1 Å². The van der Waals surface area contributed by atoms with Crippen molar-refractivity contribution in [3.63, 3.8) is 0 Å². The summed E-state index contributed by atoms with van der Waals surface area (Å²) in [5.74, 6) is 0.197. The van der Waals surface area contributed by atoms with Crippen LogP contribution in [0.25, 0.3) is 0 Å². The van der Waals surface area contributed by atoms with Gasteiger partial charge in [0.25, 0.3) is 0 Å². The van der Waals surface area contributed by atoms with E-state index >= 15 is 0 Å². The molecule has 1 saturated carbocycles. The molecule has 3 N–H and O–H groups in total. The summed E-state index contributed by atoms with van der Waals surface area (Å²) in [4.78, 5) is 14.7. The quantitative estimate of drug-likeness (QED) is 0.830. The standard InChI is InChI=1S/C16H31N3O/c1-12(15(20)18-13-7-5-4-6-8-13)19-10-9-14(17)16(2,3)11-19/h12-14H,4-11,17H2,1-3H3,(H,18,20). The normalized spacial score (nSPS) is 29.9. The lowest BCUT2D eigenvalue weighted by Gasteiger charge is -2.44. The van der Waals surface area contributed by atoms with Crippen LogP contribution < -0.4 is 11.1 Å². The van der Waals surface area contributed by atoms with E-state index in [1.54, 1.807) is 0 Å². The first-order valence-corrected chi connectivity index (χ1v) is 8.20. The lowest BCUT2D eigenvalue weighted by atomic mass is 9.79. The lowest BCUT2D eigenvalue weighted by molar-refractivity contribution is -0.128. The molecule has 0 radical (unpaired) electrons. The first-order chi connectivity index (χ1) is 9.40. The molecule has 2 rings (SSSR count). The van der Waals surface area contributed by atoms with Crippen LogP contribution in [0, 0.1) is 5.41 Å². The van der Waals surface area contributed by atoms with Gasteiger partial charge in [-0.15, -0.1) is 0 Å². The van der Waals surface area contributed by atoms with Gasteiger partial charge in [0.1, 0.15) is 0 Å². The number of amides is 1. The van der Waals surface area contributed by atoms with Crippen LogP contribution in [-0.2, 0) is 4.79 Å². The average molecular weight is 281 g/mol. The highest BCUT2D eigenvalue weighted by Crippen LogP contribution is 2.29. The van der Waals surface area contributed by atoms with Gasteiger partial charge in [0.15, 0.2) is 0 Å². The molecule has 2 unspecified atom stereocenters. The van der Waals surface area contributed by atoms with E-state index in [-0.39, 0.29) is 23.4 Å². The highest BCUT2D eigenvalue weighted by molar-refractivity contribution is 5.81. The minimum atomic E-state index is -0.0382. The fraction of sp³-hybridized carbons (Fsp3) is 0.938. The molecule has 1 aliphatic heterocycles. The van der Waals surface area contributed by atoms with Crippen LogP contribution in [0.5, 0.6) is 0 Å². The fourth-order valence-electron chi connectivity index (χ4n) is 3.48. The third kappa shape index (κ3) is 3.73. The van der Waals surface area contributed by atoms with Crippen LogP contribution in [0.15, 0.2) is 0 Å². The Morgan fingerprint density at radius 1 is 1.25 bits per heavy atom. The molecule has 1 amide bonds. The zero-order chi connectivity index (χ0) is 14.8. The van der Waals surface area contributed by atoms with Crippen LogP contribution in [0.2, 0.25) is 0 Å². The molecule has 1 saturated heterocycles. The molecule has 1 heterocycles. The summed E-state index contributed by atoms with van der Waals surface area (Å²) in [6.07, 6.45) is 7.10. The van der Waals surface area contributed by atoms with E-state index in [1.807, 2.05) is 6.92 Å². The second-order valence-corrected chi connectivity index (χ2v) is 7.37. The number of nitrogens with two attached hydrogens (primary N) is 1. The van der Waals surface area contributed by atoms with Gasteiger partial charge < -0.3 is 11.1 Å². The van der Waals surface area contributed by atoms with Gasteiger partial charge in [-0.3, -0.25) is 9.69 Å². The van der Waals surface area contributed by atoms with Gasteiger partial charge in [-0.1, -0.05) is 33.1 Å². The fourth-order valence-corrected chi connectivity index (χ4v) is 3.48. The molecule has 116 valence electrons. The summed E-state index contributed by atoms with van der Waals surface area (Å²) >= 11 is 0. The Morgan fingerprint density at radius 3 is 2.50 bits per heavy atom. The molecule has 0 aromatic carbocycles. The molecule has 20 heavy (non-hydrogen) atoms. The van der Waals surface area contributed by atoms with Crippen LogP contribution in [0.4, 0.5) is 0 Å². The molecule has 2 fully saturated rings. The average Bonchev–Trinajstić information content (AvgIpc) is 2.42. The smallest absolute Gasteiger partial charge is 0.237 e. The third-order valence-corrected chi connectivity index (χ3v) is 5.22. The Labute approximate surface area is 123 Å². The van der Waals surface area contributed by atoms with Crippen molar-refractivity contribution in [1.29, 1.82) is 0 Å². The minimum absolute atomic E-state index is 0.0382. The summed E-state index contributed by atoms with van der Waals surface area (Å²) in [6.45, 7) is 8.29. The predicted molar refractivity (Wildman–Crippen MR) is 82.4 cm³/mol. The Kier molecular flexibility index (Phi) is 5.08. The first-order valence-electron chi connectivity index (χ1n) is 8.20. The molecule has 1 aliphatic carbocycles. The number of piperidine rings is 1. The maximum Gasteiger partial charge on any atom is 0.237 e. The van der Waals surface area contributed by atoms with Crippen molar-refractivity contribution in [3.05, 3.63) is 0 Å². The Bertz CT molecular complexity index is 337. The SMILES string of the molecule is CC(C(=O)NC1CCCCC1)N1CCC(N)C(C)(C)C1. The van der Waals surface area contributed by atoms with Crippen molar-refractivity contribution in [2.45, 2.75) is 77.4 Å². The van der Waals surface area contributed by atoms with E-state index in [4.69, 9.17) is 5.73 Å². The van der Waals surface area contributed by atoms with Crippen molar-refractivity contribution in [2.24, 2.45) is 11.1 Å².